The second kappa shape index (κ2) is 12.0. The zero-order chi connectivity index (χ0) is 29.2. The molecule has 0 aliphatic carbocycles. The van der Waals surface area contributed by atoms with Gasteiger partial charge in [-0.05, 0) is 54.7 Å². The van der Waals surface area contributed by atoms with Gasteiger partial charge in [0.05, 0.1) is 0 Å². The van der Waals surface area contributed by atoms with Crippen LogP contribution in [-0.2, 0) is 24.4 Å². The lowest BCUT2D eigenvalue weighted by Crippen LogP contribution is -2.54. The molecular formula is C33H34F2N4O3. The molecule has 0 bridgehead atoms. The summed E-state index contributed by atoms with van der Waals surface area (Å²) in [7, 11) is 0. The van der Waals surface area contributed by atoms with Crippen LogP contribution in [0.3, 0.4) is 0 Å². The van der Waals surface area contributed by atoms with Crippen LogP contribution in [0, 0.1) is 11.6 Å². The van der Waals surface area contributed by atoms with Gasteiger partial charge in [-0.3, -0.25) is 14.5 Å². The Hall–Kier alpha value is -4.08. The molecule has 7 nitrogen and oxygen atoms in total. The van der Waals surface area contributed by atoms with Crippen molar-refractivity contribution in [2.24, 2.45) is 0 Å². The first-order chi connectivity index (χ1) is 20.4. The molecule has 218 valence electrons. The van der Waals surface area contributed by atoms with Crippen LogP contribution < -0.4 is 15.4 Å². The summed E-state index contributed by atoms with van der Waals surface area (Å²) in [5.74, 6) is -1.40. The summed E-state index contributed by atoms with van der Waals surface area (Å²) in [6.45, 7) is 6.32. The monoisotopic (exact) mass is 572 g/mol. The number of nitrogens with zero attached hydrogens (tertiary/aromatic N) is 2. The van der Waals surface area contributed by atoms with Crippen molar-refractivity contribution in [1.29, 1.82) is 0 Å². The zero-order valence-electron chi connectivity index (χ0n) is 23.3. The highest BCUT2D eigenvalue weighted by molar-refractivity contribution is 6.01. The summed E-state index contributed by atoms with van der Waals surface area (Å²) in [6.07, 6.45) is 1.67. The Balaban J connectivity index is 1.18. The number of carbonyl (C=O) groups excluding carboxylic acids is 2. The number of hydrogen-bond acceptors (Lipinski definition) is 5. The number of ether oxygens (including phenoxy) is 1. The molecule has 3 heterocycles. The Labute approximate surface area is 244 Å². The molecule has 2 amide bonds. The van der Waals surface area contributed by atoms with E-state index in [2.05, 4.69) is 34.2 Å². The van der Waals surface area contributed by atoms with Gasteiger partial charge in [-0.1, -0.05) is 49.0 Å². The average Bonchev–Trinajstić information content (AvgIpc) is 3.30. The second-order valence-corrected chi connectivity index (χ2v) is 11.3. The predicted molar refractivity (Wildman–Crippen MR) is 154 cm³/mol. The largest absolute Gasteiger partial charge is 0.487 e. The van der Waals surface area contributed by atoms with Crippen molar-refractivity contribution in [2.45, 2.75) is 57.1 Å². The van der Waals surface area contributed by atoms with Crippen LogP contribution in [0.2, 0.25) is 0 Å². The maximum atomic E-state index is 14.4. The third-order valence-corrected chi connectivity index (χ3v) is 8.37. The normalized spacial score (nSPS) is 22.7. The number of hydrogen-bond donors (Lipinski definition) is 2. The van der Waals surface area contributed by atoms with Crippen LogP contribution in [0.4, 0.5) is 8.78 Å². The van der Waals surface area contributed by atoms with E-state index in [0.29, 0.717) is 61.6 Å². The number of benzene rings is 3. The Kier molecular flexibility index (Phi) is 8.04. The molecule has 3 atom stereocenters. The first kappa shape index (κ1) is 28.1. The van der Waals surface area contributed by atoms with E-state index in [0.717, 1.165) is 23.6 Å². The number of rotatable bonds is 8. The lowest BCUT2D eigenvalue weighted by molar-refractivity contribution is -0.126. The first-order valence-corrected chi connectivity index (χ1v) is 14.4. The minimum Gasteiger partial charge on any atom is -0.487 e. The van der Waals surface area contributed by atoms with Crippen LogP contribution in [0.1, 0.15) is 46.3 Å². The molecule has 42 heavy (non-hydrogen) atoms. The highest BCUT2D eigenvalue weighted by Crippen LogP contribution is 2.32. The quantitative estimate of drug-likeness (QED) is 0.415. The van der Waals surface area contributed by atoms with Crippen molar-refractivity contribution in [3.63, 3.8) is 0 Å². The fourth-order valence-electron chi connectivity index (χ4n) is 6.11. The van der Waals surface area contributed by atoms with E-state index in [4.69, 9.17) is 4.74 Å². The zero-order valence-corrected chi connectivity index (χ0v) is 23.3. The summed E-state index contributed by atoms with van der Waals surface area (Å²) < 4.78 is 34.9. The number of allylic oxidation sites excluding steroid dienone is 1. The Morgan fingerprint density at radius 3 is 2.67 bits per heavy atom. The highest BCUT2D eigenvalue weighted by atomic mass is 19.2. The summed E-state index contributed by atoms with van der Waals surface area (Å²) in [4.78, 5) is 29.4. The molecule has 3 aromatic carbocycles. The van der Waals surface area contributed by atoms with Gasteiger partial charge in [-0.2, -0.15) is 0 Å². The summed E-state index contributed by atoms with van der Waals surface area (Å²) in [5.41, 5.74) is 3.54. The Bertz CT molecular complexity index is 1500. The molecule has 2 saturated heterocycles. The van der Waals surface area contributed by atoms with Gasteiger partial charge in [0.15, 0.2) is 11.6 Å². The van der Waals surface area contributed by atoms with Gasteiger partial charge in [-0.15, -0.1) is 0 Å². The van der Waals surface area contributed by atoms with Crippen LogP contribution in [0.5, 0.6) is 5.75 Å². The highest BCUT2D eigenvalue weighted by Gasteiger charge is 2.38. The molecule has 3 aromatic rings. The summed E-state index contributed by atoms with van der Waals surface area (Å²) in [6, 6.07) is 19.3. The topological polar surface area (TPSA) is 73.9 Å². The second-order valence-electron chi connectivity index (χ2n) is 11.3. The molecule has 0 aromatic heterocycles. The smallest absolute Gasteiger partial charge is 0.255 e. The lowest BCUT2D eigenvalue weighted by Gasteiger charge is -2.39. The molecular weight excluding hydrogens is 538 g/mol. The number of nitrogens with one attached hydrogen (secondary N) is 2. The molecule has 9 heteroatoms. The van der Waals surface area contributed by atoms with Gasteiger partial charge in [0, 0.05) is 55.6 Å². The number of fused-ring (bicyclic) bond motifs is 1. The van der Waals surface area contributed by atoms with Crippen molar-refractivity contribution < 1.29 is 23.1 Å². The van der Waals surface area contributed by atoms with E-state index in [9.17, 15) is 18.4 Å². The molecule has 0 radical (unpaired) electrons. The van der Waals surface area contributed by atoms with Crippen molar-refractivity contribution in [3.8, 4) is 5.75 Å². The number of likely N-dealkylation sites (tertiary alicyclic amines) is 1. The van der Waals surface area contributed by atoms with Gasteiger partial charge in [0.2, 0.25) is 5.91 Å². The molecule has 3 unspecified atom stereocenters. The van der Waals surface area contributed by atoms with Gasteiger partial charge in [-0.25, -0.2) is 8.78 Å². The summed E-state index contributed by atoms with van der Waals surface area (Å²) in [5, 5.41) is 6.40. The molecule has 2 N–H and O–H groups in total. The van der Waals surface area contributed by atoms with Gasteiger partial charge in [0.25, 0.3) is 5.91 Å². The third-order valence-electron chi connectivity index (χ3n) is 8.37. The van der Waals surface area contributed by atoms with E-state index in [-0.39, 0.29) is 30.5 Å². The lowest BCUT2D eigenvalue weighted by atomic mass is 10.00. The van der Waals surface area contributed by atoms with Crippen LogP contribution in [-0.4, -0.2) is 52.9 Å². The molecule has 3 aliphatic heterocycles. The predicted octanol–water partition coefficient (Wildman–Crippen LogP) is 4.52. The van der Waals surface area contributed by atoms with E-state index < -0.39 is 17.7 Å². The van der Waals surface area contributed by atoms with Gasteiger partial charge in [0.1, 0.15) is 17.9 Å². The fourth-order valence-corrected chi connectivity index (χ4v) is 6.11. The molecule has 0 saturated carbocycles. The van der Waals surface area contributed by atoms with E-state index >= 15 is 0 Å². The number of amides is 2. The fraction of sp³-hybridized carbons (Fsp3) is 0.333. The third kappa shape index (κ3) is 5.93. The van der Waals surface area contributed by atoms with Crippen molar-refractivity contribution >= 4 is 11.8 Å². The summed E-state index contributed by atoms with van der Waals surface area (Å²) >= 11 is 0. The van der Waals surface area contributed by atoms with E-state index in [1.807, 2.05) is 24.3 Å². The maximum Gasteiger partial charge on any atom is 0.255 e. The van der Waals surface area contributed by atoms with Crippen LogP contribution in [0.25, 0.3) is 0 Å². The van der Waals surface area contributed by atoms with Crippen LogP contribution in [0.15, 0.2) is 79.0 Å². The minimum atomic E-state index is -0.850. The Morgan fingerprint density at radius 2 is 1.86 bits per heavy atom. The van der Waals surface area contributed by atoms with Crippen molar-refractivity contribution in [3.05, 3.63) is 113 Å². The molecule has 3 aliphatic rings. The van der Waals surface area contributed by atoms with Gasteiger partial charge < -0.3 is 20.3 Å². The SMILES string of the molecule is C=C1CCC(N2Cc3cc(OC4CN(Cc5cccc(F)c5F)CCC4NCc4ccccc4)ccc3C2=O)C(=O)N1. The molecule has 2 fully saturated rings. The first-order valence-electron chi connectivity index (χ1n) is 14.4. The average molecular weight is 573 g/mol. The minimum absolute atomic E-state index is 0.0178. The van der Waals surface area contributed by atoms with Crippen LogP contribution >= 0.6 is 0 Å². The van der Waals surface area contributed by atoms with E-state index in [1.165, 1.54) is 6.07 Å². The standard InChI is InChI=1S/C33H34F2N4O3/c1-21-10-13-29(32(40)37-21)39-19-24-16-25(11-12-26(24)33(39)41)42-30-20-38(18-23-8-5-9-27(34)31(23)35)15-14-28(30)36-17-22-6-3-2-4-7-22/h2-9,11-12,16,28-30,36H,1,10,13-15,17-20H2,(H,37,40). The number of piperidine rings is 2. The Morgan fingerprint density at radius 1 is 1.02 bits per heavy atom. The van der Waals surface area contributed by atoms with Crippen molar-refractivity contribution in [2.75, 3.05) is 13.1 Å². The molecule has 0 spiro atoms. The van der Waals surface area contributed by atoms with Crippen molar-refractivity contribution in [1.82, 2.24) is 20.4 Å². The number of halogens is 2. The van der Waals surface area contributed by atoms with E-state index in [1.54, 1.807) is 23.1 Å². The maximum absolute atomic E-state index is 14.4. The number of carbonyl (C=O) groups is 2. The van der Waals surface area contributed by atoms with Gasteiger partial charge >= 0.3 is 0 Å². The molecule has 6 rings (SSSR count).